The molecule has 2 fully saturated rings. The topological polar surface area (TPSA) is 79.4 Å². The number of nitrogens with zero attached hydrogens (tertiary/aromatic N) is 2. The summed E-state index contributed by atoms with van der Waals surface area (Å²) < 4.78 is 27.6. The smallest absolute Gasteiger partial charge is 0.243 e. The van der Waals surface area contributed by atoms with E-state index in [1.165, 1.54) is 15.6 Å². The molecule has 0 spiro atoms. The third kappa shape index (κ3) is 2.82. The van der Waals surface area contributed by atoms with Crippen LogP contribution in [0.5, 0.6) is 0 Å². The summed E-state index contributed by atoms with van der Waals surface area (Å²) in [6.45, 7) is 1.18. The van der Waals surface area contributed by atoms with Gasteiger partial charge in [-0.2, -0.15) is 4.31 Å². The number of aromatic nitrogens is 1. The number of carbonyl (C=O) groups is 1. The van der Waals surface area contributed by atoms with Gasteiger partial charge in [0.05, 0.1) is 15.1 Å². The first-order chi connectivity index (χ1) is 11.5. The number of thiazole rings is 1. The summed E-state index contributed by atoms with van der Waals surface area (Å²) in [5, 5.41) is 3.39. The summed E-state index contributed by atoms with van der Waals surface area (Å²) in [5.41, 5.74) is 0.712. The fourth-order valence-corrected chi connectivity index (χ4v) is 5.60. The summed E-state index contributed by atoms with van der Waals surface area (Å²) in [6.07, 6.45) is 4.82. The number of anilines is 1. The Kier molecular flexibility index (Phi) is 4.06. The van der Waals surface area contributed by atoms with Crippen molar-refractivity contribution in [1.29, 1.82) is 0 Å². The molecule has 4 rings (SSSR count). The Morgan fingerprint density at radius 1 is 1.21 bits per heavy atom. The molecular formula is C16H19N3O3S2. The average Bonchev–Trinajstić information content (AvgIpc) is 3.13. The van der Waals surface area contributed by atoms with E-state index >= 15 is 0 Å². The Labute approximate surface area is 144 Å². The monoisotopic (exact) mass is 365 g/mol. The van der Waals surface area contributed by atoms with Crippen LogP contribution in [0.25, 0.3) is 10.2 Å². The van der Waals surface area contributed by atoms with Gasteiger partial charge in [-0.15, -0.1) is 0 Å². The first-order valence-electron chi connectivity index (χ1n) is 8.26. The maximum atomic E-state index is 12.6. The van der Waals surface area contributed by atoms with E-state index in [0.717, 1.165) is 36.8 Å². The van der Waals surface area contributed by atoms with E-state index in [-0.39, 0.29) is 11.8 Å². The highest BCUT2D eigenvalue weighted by atomic mass is 32.2. The van der Waals surface area contributed by atoms with Crippen LogP contribution < -0.4 is 5.32 Å². The number of hydrogen-bond acceptors (Lipinski definition) is 5. The molecule has 1 aliphatic heterocycles. The normalized spacial score (nSPS) is 19.5. The fraction of sp³-hybridized carbons (Fsp3) is 0.500. The van der Waals surface area contributed by atoms with E-state index < -0.39 is 10.0 Å². The maximum Gasteiger partial charge on any atom is 0.243 e. The number of hydrogen-bond donors (Lipinski definition) is 1. The van der Waals surface area contributed by atoms with Gasteiger partial charge in [0.1, 0.15) is 0 Å². The molecular weight excluding hydrogens is 346 g/mol. The molecule has 2 heterocycles. The minimum atomic E-state index is -3.43. The van der Waals surface area contributed by atoms with Crippen LogP contribution >= 0.6 is 11.3 Å². The van der Waals surface area contributed by atoms with Crippen LogP contribution in [0.1, 0.15) is 32.1 Å². The lowest BCUT2D eigenvalue weighted by Crippen LogP contribution is -2.27. The van der Waals surface area contributed by atoms with Crippen LogP contribution in [0.4, 0.5) is 5.13 Å². The highest BCUT2D eigenvalue weighted by Gasteiger charge is 2.28. The van der Waals surface area contributed by atoms with E-state index in [0.29, 0.717) is 28.6 Å². The Morgan fingerprint density at radius 2 is 1.96 bits per heavy atom. The van der Waals surface area contributed by atoms with E-state index in [9.17, 15) is 13.2 Å². The van der Waals surface area contributed by atoms with Gasteiger partial charge in [0.15, 0.2) is 5.13 Å². The first-order valence-corrected chi connectivity index (χ1v) is 10.5. The second-order valence-electron chi connectivity index (χ2n) is 6.38. The molecule has 1 N–H and O–H groups in total. The highest BCUT2D eigenvalue weighted by Crippen LogP contribution is 2.32. The molecule has 0 radical (unpaired) electrons. The van der Waals surface area contributed by atoms with Gasteiger partial charge in [0.25, 0.3) is 0 Å². The van der Waals surface area contributed by atoms with Crippen LogP contribution in [0, 0.1) is 5.92 Å². The van der Waals surface area contributed by atoms with Crippen molar-refractivity contribution in [2.45, 2.75) is 37.0 Å². The van der Waals surface area contributed by atoms with Crippen LogP contribution in [-0.4, -0.2) is 36.7 Å². The van der Waals surface area contributed by atoms with Gasteiger partial charge in [0, 0.05) is 19.0 Å². The number of rotatable bonds is 4. The highest BCUT2D eigenvalue weighted by molar-refractivity contribution is 7.89. The van der Waals surface area contributed by atoms with Crippen molar-refractivity contribution in [3.63, 3.8) is 0 Å². The Balaban J connectivity index is 1.60. The molecule has 24 heavy (non-hydrogen) atoms. The summed E-state index contributed by atoms with van der Waals surface area (Å²) in [5.74, 6) is 0.119. The number of nitrogens with one attached hydrogen (secondary N) is 1. The van der Waals surface area contributed by atoms with Gasteiger partial charge in [-0.1, -0.05) is 17.8 Å². The zero-order valence-corrected chi connectivity index (χ0v) is 14.8. The lowest BCUT2D eigenvalue weighted by molar-refractivity contribution is -0.122. The molecule has 0 bridgehead atoms. The molecule has 1 aliphatic carbocycles. The minimum Gasteiger partial charge on any atom is -0.302 e. The molecule has 1 aromatic carbocycles. The van der Waals surface area contributed by atoms with Crippen molar-refractivity contribution in [1.82, 2.24) is 9.29 Å². The Morgan fingerprint density at radius 3 is 2.62 bits per heavy atom. The van der Waals surface area contributed by atoms with E-state index in [1.807, 2.05) is 0 Å². The largest absolute Gasteiger partial charge is 0.302 e. The quantitative estimate of drug-likeness (QED) is 0.903. The summed E-state index contributed by atoms with van der Waals surface area (Å²) in [6, 6.07) is 4.99. The van der Waals surface area contributed by atoms with Crippen molar-refractivity contribution in [3.8, 4) is 0 Å². The summed E-state index contributed by atoms with van der Waals surface area (Å²) >= 11 is 1.32. The average molecular weight is 365 g/mol. The van der Waals surface area contributed by atoms with Gasteiger partial charge in [-0.25, -0.2) is 13.4 Å². The molecule has 0 atom stereocenters. The van der Waals surface area contributed by atoms with Gasteiger partial charge >= 0.3 is 0 Å². The third-order valence-electron chi connectivity index (χ3n) is 4.77. The number of sulfonamides is 1. The standard InChI is InChI=1S/C16H19N3O3S2/c20-15(11-4-3-5-11)18-16-17-13-7-6-12(10-14(13)23-16)24(21,22)19-8-1-2-9-19/h6-7,10-11H,1-5,8-9H2,(H,17,18,20). The number of carbonyl (C=O) groups excluding carboxylic acids is 1. The van der Waals surface area contributed by atoms with Gasteiger partial charge in [-0.3, -0.25) is 4.79 Å². The van der Waals surface area contributed by atoms with Gasteiger partial charge < -0.3 is 5.32 Å². The molecule has 1 saturated carbocycles. The van der Waals surface area contributed by atoms with E-state index in [1.54, 1.807) is 18.2 Å². The van der Waals surface area contributed by atoms with Crippen molar-refractivity contribution in [2.75, 3.05) is 18.4 Å². The van der Waals surface area contributed by atoms with Crippen LogP contribution in [-0.2, 0) is 14.8 Å². The first kappa shape index (κ1) is 16.0. The van der Waals surface area contributed by atoms with E-state index in [4.69, 9.17) is 0 Å². The van der Waals surface area contributed by atoms with Crippen molar-refractivity contribution < 1.29 is 13.2 Å². The van der Waals surface area contributed by atoms with Crippen molar-refractivity contribution in [3.05, 3.63) is 18.2 Å². The molecule has 1 aromatic heterocycles. The number of fused-ring (bicyclic) bond motifs is 1. The SMILES string of the molecule is O=C(Nc1nc2ccc(S(=O)(=O)N3CCCC3)cc2s1)C1CCC1. The van der Waals surface area contributed by atoms with Crippen LogP contribution in [0.3, 0.4) is 0 Å². The maximum absolute atomic E-state index is 12.6. The number of benzene rings is 1. The zero-order valence-electron chi connectivity index (χ0n) is 13.2. The minimum absolute atomic E-state index is 0.0187. The van der Waals surface area contributed by atoms with E-state index in [2.05, 4.69) is 10.3 Å². The molecule has 6 nitrogen and oxygen atoms in total. The number of amides is 1. The molecule has 0 unspecified atom stereocenters. The molecule has 1 amide bonds. The molecule has 2 aliphatic rings. The molecule has 8 heteroatoms. The lowest BCUT2D eigenvalue weighted by Gasteiger charge is -2.23. The lowest BCUT2D eigenvalue weighted by atomic mass is 9.85. The van der Waals surface area contributed by atoms with Crippen molar-refractivity contribution >= 4 is 42.6 Å². The second kappa shape index (κ2) is 6.09. The molecule has 128 valence electrons. The predicted octanol–water partition coefficient (Wildman–Crippen LogP) is 2.82. The van der Waals surface area contributed by atoms with Crippen molar-refractivity contribution in [2.24, 2.45) is 5.92 Å². The Bertz CT molecular complexity index is 881. The summed E-state index contributed by atoms with van der Waals surface area (Å²) in [4.78, 5) is 16.7. The van der Waals surface area contributed by atoms with Gasteiger partial charge in [0.2, 0.25) is 15.9 Å². The second-order valence-corrected chi connectivity index (χ2v) is 9.35. The molecule has 2 aromatic rings. The third-order valence-corrected chi connectivity index (χ3v) is 7.60. The molecule has 1 saturated heterocycles. The zero-order chi connectivity index (χ0) is 16.7. The Hall–Kier alpha value is -1.51. The van der Waals surface area contributed by atoms with Gasteiger partial charge in [-0.05, 0) is 43.9 Å². The predicted molar refractivity (Wildman–Crippen MR) is 93.6 cm³/mol. The summed E-state index contributed by atoms with van der Waals surface area (Å²) in [7, 11) is -3.43. The van der Waals surface area contributed by atoms with Crippen LogP contribution in [0.15, 0.2) is 23.1 Å². The fourth-order valence-electron chi connectivity index (χ4n) is 3.07. The van der Waals surface area contributed by atoms with Crippen LogP contribution in [0.2, 0.25) is 0 Å².